The highest BCUT2D eigenvalue weighted by molar-refractivity contribution is 6.45. The minimum Gasteiger partial charge on any atom is -0.399 e. The third-order valence-electron chi connectivity index (χ3n) is 4.03. The Hall–Kier alpha value is -4.13. The zero-order valence-electron chi connectivity index (χ0n) is 15.8. The van der Waals surface area contributed by atoms with Crippen molar-refractivity contribution in [2.45, 2.75) is 6.92 Å². The van der Waals surface area contributed by atoms with E-state index < -0.39 is 11.8 Å². The van der Waals surface area contributed by atoms with Crippen molar-refractivity contribution in [3.05, 3.63) is 78.9 Å². The van der Waals surface area contributed by atoms with Gasteiger partial charge in [-0.25, -0.2) is 0 Å². The van der Waals surface area contributed by atoms with Gasteiger partial charge in [-0.1, -0.05) is 18.2 Å². The van der Waals surface area contributed by atoms with Crippen LogP contribution in [0.25, 0.3) is 0 Å². The first-order valence-corrected chi connectivity index (χ1v) is 8.88. The molecule has 3 amide bonds. The number of amides is 3. The second-order valence-corrected chi connectivity index (χ2v) is 6.28. The molecule has 0 radical (unpaired) electrons. The molecule has 0 saturated heterocycles. The maximum atomic E-state index is 13.0. The summed E-state index contributed by atoms with van der Waals surface area (Å²) in [5.74, 6) is -1.73. The monoisotopic (exact) mass is 388 g/mol. The van der Waals surface area contributed by atoms with Crippen molar-refractivity contribution in [3.63, 3.8) is 0 Å². The van der Waals surface area contributed by atoms with E-state index in [1.54, 1.807) is 72.8 Å². The number of nitrogens with zero attached hydrogens (tertiary/aromatic N) is 1. The Bertz CT molecular complexity index is 1020. The first kappa shape index (κ1) is 19.6. The quantitative estimate of drug-likeness (QED) is 0.470. The zero-order chi connectivity index (χ0) is 20.8. The van der Waals surface area contributed by atoms with Crippen LogP contribution in [-0.2, 0) is 14.4 Å². The summed E-state index contributed by atoms with van der Waals surface area (Å²) in [5, 5.41) is 5.22. The van der Waals surface area contributed by atoms with Crippen molar-refractivity contribution in [3.8, 4) is 0 Å². The summed E-state index contributed by atoms with van der Waals surface area (Å²) in [6, 6.07) is 22.0. The first-order chi connectivity index (χ1) is 13.9. The summed E-state index contributed by atoms with van der Waals surface area (Å²) in [5.41, 5.74) is 8.39. The number of anilines is 5. The van der Waals surface area contributed by atoms with Crippen LogP contribution in [-0.4, -0.2) is 17.7 Å². The number of rotatable bonds is 4. The van der Waals surface area contributed by atoms with Crippen LogP contribution in [0.3, 0.4) is 0 Å². The van der Waals surface area contributed by atoms with Gasteiger partial charge in [-0.05, 0) is 60.7 Å². The fourth-order valence-corrected chi connectivity index (χ4v) is 2.71. The Labute approximate surface area is 168 Å². The molecule has 0 spiro atoms. The lowest BCUT2D eigenvalue weighted by atomic mass is 10.2. The largest absolute Gasteiger partial charge is 0.399 e. The Morgan fingerprint density at radius 3 is 1.79 bits per heavy atom. The molecule has 0 saturated carbocycles. The van der Waals surface area contributed by atoms with Crippen LogP contribution in [0.4, 0.5) is 28.4 Å². The smallest absolute Gasteiger partial charge is 0.321 e. The van der Waals surface area contributed by atoms with Crippen LogP contribution < -0.4 is 21.3 Å². The van der Waals surface area contributed by atoms with E-state index in [0.29, 0.717) is 28.4 Å². The maximum Gasteiger partial charge on any atom is 0.321 e. The van der Waals surface area contributed by atoms with Gasteiger partial charge in [0.1, 0.15) is 0 Å². The van der Waals surface area contributed by atoms with Crippen LogP contribution in [0.2, 0.25) is 0 Å². The molecule has 3 aromatic carbocycles. The van der Waals surface area contributed by atoms with E-state index in [1.165, 1.54) is 11.8 Å². The van der Waals surface area contributed by atoms with Crippen LogP contribution >= 0.6 is 0 Å². The number of carbonyl (C=O) groups is 3. The van der Waals surface area contributed by atoms with E-state index in [4.69, 9.17) is 5.73 Å². The molecular weight excluding hydrogens is 368 g/mol. The van der Waals surface area contributed by atoms with E-state index >= 15 is 0 Å². The average Bonchev–Trinajstić information content (AvgIpc) is 2.71. The van der Waals surface area contributed by atoms with E-state index in [9.17, 15) is 14.4 Å². The predicted molar refractivity (Wildman–Crippen MR) is 114 cm³/mol. The molecule has 0 aliphatic carbocycles. The number of nitrogens with two attached hydrogens (primary N) is 1. The van der Waals surface area contributed by atoms with Gasteiger partial charge in [-0.2, -0.15) is 0 Å². The number of nitrogen functional groups attached to an aromatic ring is 1. The molecule has 0 aromatic heterocycles. The first-order valence-electron chi connectivity index (χ1n) is 8.88. The molecule has 0 heterocycles. The normalized spacial score (nSPS) is 10.1. The van der Waals surface area contributed by atoms with Crippen LogP contribution in [0.15, 0.2) is 78.9 Å². The molecule has 7 heteroatoms. The molecule has 0 bridgehead atoms. The molecule has 3 aromatic rings. The van der Waals surface area contributed by atoms with Gasteiger partial charge in [0.2, 0.25) is 5.91 Å². The summed E-state index contributed by atoms with van der Waals surface area (Å²) in [6.07, 6.45) is 0. The molecule has 0 unspecified atom stereocenters. The van der Waals surface area contributed by atoms with Crippen molar-refractivity contribution in [1.82, 2.24) is 0 Å². The van der Waals surface area contributed by atoms with Crippen molar-refractivity contribution in [2.24, 2.45) is 0 Å². The highest BCUT2D eigenvalue weighted by atomic mass is 16.2. The molecule has 4 N–H and O–H groups in total. The maximum absolute atomic E-state index is 13.0. The van der Waals surface area contributed by atoms with Crippen molar-refractivity contribution < 1.29 is 14.4 Å². The van der Waals surface area contributed by atoms with Crippen LogP contribution in [0.5, 0.6) is 0 Å². The van der Waals surface area contributed by atoms with Gasteiger partial charge in [-0.15, -0.1) is 0 Å². The topological polar surface area (TPSA) is 105 Å². The Morgan fingerprint density at radius 2 is 1.24 bits per heavy atom. The second kappa shape index (κ2) is 8.71. The molecular formula is C22H20N4O3. The van der Waals surface area contributed by atoms with Crippen LogP contribution in [0.1, 0.15) is 6.92 Å². The average molecular weight is 388 g/mol. The van der Waals surface area contributed by atoms with Gasteiger partial charge in [0, 0.05) is 35.4 Å². The minimum atomic E-state index is -0.794. The van der Waals surface area contributed by atoms with E-state index in [2.05, 4.69) is 10.6 Å². The second-order valence-electron chi connectivity index (χ2n) is 6.28. The molecule has 3 rings (SSSR count). The fraction of sp³-hybridized carbons (Fsp3) is 0.0455. The van der Waals surface area contributed by atoms with Gasteiger partial charge in [-0.3, -0.25) is 19.3 Å². The number of para-hydroxylation sites is 1. The molecule has 0 atom stereocenters. The van der Waals surface area contributed by atoms with Gasteiger partial charge in [0.05, 0.1) is 0 Å². The molecule has 7 nitrogen and oxygen atoms in total. The van der Waals surface area contributed by atoms with E-state index in [1.807, 2.05) is 6.07 Å². The van der Waals surface area contributed by atoms with Gasteiger partial charge in [0.25, 0.3) is 0 Å². The summed E-state index contributed by atoms with van der Waals surface area (Å²) in [7, 11) is 0. The molecule has 29 heavy (non-hydrogen) atoms. The van der Waals surface area contributed by atoms with Crippen LogP contribution in [0, 0.1) is 0 Å². The predicted octanol–water partition coefficient (Wildman–Crippen LogP) is 3.53. The standard InChI is InChI=1S/C22H20N4O3/c1-15(27)24-17-9-11-18(12-10-17)25-21(28)22(29)26(19-5-3-2-4-6-19)20-13-7-16(23)8-14-20/h2-14H,23H2,1H3,(H,24,27)(H,25,28). The Kier molecular flexibility index (Phi) is 5.89. The number of hydrogen-bond acceptors (Lipinski definition) is 4. The SMILES string of the molecule is CC(=O)Nc1ccc(NC(=O)C(=O)N(c2ccccc2)c2ccc(N)cc2)cc1. The number of benzene rings is 3. The molecule has 0 fully saturated rings. The third-order valence-corrected chi connectivity index (χ3v) is 4.03. The van der Waals surface area contributed by atoms with Crippen molar-refractivity contribution in [2.75, 3.05) is 21.3 Å². The molecule has 146 valence electrons. The zero-order valence-corrected chi connectivity index (χ0v) is 15.8. The van der Waals surface area contributed by atoms with Crippen molar-refractivity contribution >= 4 is 46.2 Å². The third kappa shape index (κ3) is 4.98. The van der Waals surface area contributed by atoms with Gasteiger partial charge in [0.15, 0.2) is 0 Å². The Morgan fingerprint density at radius 1 is 0.724 bits per heavy atom. The molecule has 0 aliphatic heterocycles. The summed E-state index contributed by atoms with van der Waals surface area (Å²) >= 11 is 0. The summed E-state index contributed by atoms with van der Waals surface area (Å²) in [4.78, 5) is 38.0. The number of nitrogens with one attached hydrogen (secondary N) is 2. The molecule has 0 aliphatic rings. The number of hydrogen-bond donors (Lipinski definition) is 3. The lowest BCUT2D eigenvalue weighted by Gasteiger charge is -2.22. The highest BCUT2D eigenvalue weighted by Crippen LogP contribution is 2.26. The van der Waals surface area contributed by atoms with Crippen molar-refractivity contribution in [1.29, 1.82) is 0 Å². The highest BCUT2D eigenvalue weighted by Gasteiger charge is 2.25. The lowest BCUT2D eigenvalue weighted by Crippen LogP contribution is -2.36. The minimum absolute atomic E-state index is 0.195. The lowest BCUT2D eigenvalue weighted by molar-refractivity contribution is -0.134. The Balaban J connectivity index is 1.82. The van der Waals surface area contributed by atoms with E-state index in [-0.39, 0.29) is 5.91 Å². The summed E-state index contributed by atoms with van der Waals surface area (Å²) < 4.78 is 0. The van der Waals surface area contributed by atoms with E-state index in [0.717, 1.165) is 0 Å². The van der Waals surface area contributed by atoms with Gasteiger partial charge >= 0.3 is 11.8 Å². The fourth-order valence-electron chi connectivity index (χ4n) is 2.71. The number of carbonyl (C=O) groups excluding carboxylic acids is 3. The van der Waals surface area contributed by atoms with Gasteiger partial charge < -0.3 is 16.4 Å². The summed E-state index contributed by atoms with van der Waals surface area (Å²) in [6.45, 7) is 1.41.